The first-order valence-electron chi connectivity index (χ1n) is 7.25. The Kier molecular flexibility index (Phi) is 5.68. The molecular formula is C17H17F3N2O2. The van der Waals surface area contributed by atoms with E-state index < -0.39 is 17.6 Å². The number of ether oxygens (including phenoxy) is 1. The van der Waals surface area contributed by atoms with Crippen LogP contribution < -0.4 is 15.4 Å². The third-order valence-corrected chi connectivity index (χ3v) is 3.28. The number of methoxy groups -OCH3 is 1. The van der Waals surface area contributed by atoms with Crippen LogP contribution in [0.25, 0.3) is 0 Å². The van der Waals surface area contributed by atoms with Crippen LogP contribution in [-0.4, -0.2) is 19.6 Å². The molecule has 0 saturated heterocycles. The van der Waals surface area contributed by atoms with Gasteiger partial charge in [-0.25, -0.2) is 0 Å². The van der Waals surface area contributed by atoms with Gasteiger partial charge in [-0.15, -0.1) is 0 Å². The minimum Gasteiger partial charge on any atom is -0.495 e. The zero-order valence-electron chi connectivity index (χ0n) is 13.0. The Balaban J connectivity index is 1.93. The maximum Gasteiger partial charge on any atom is 0.418 e. The first-order valence-corrected chi connectivity index (χ1v) is 7.25. The van der Waals surface area contributed by atoms with Crippen LogP contribution in [0.2, 0.25) is 0 Å². The molecule has 0 heterocycles. The average molecular weight is 338 g/mol. The molecule has 4 nitrogen and oxygen atoms in total. The smallest absolute Gasteiger partial charge is 0.418 e. The molecule has 0 aliphatic heterocycles. The van der Waals surface area contributed by atoms with Gasteiger partial charge in [0.2, 0.25) is 5.91 Å². The highest BCUT2D eigenvalue weighted by atomic mass is 19.4. The van der Waals surface area contributed by atoms with Crippen molar-refractivity contribution in [3.63, 3.8) is 0 Å². The molecule has 0 spiro atoms. The molecule has 0 aliphatic carbocycles. The van der Waals surface area contributed by atoms with E-state index in [0.29, 0.717) is 11.4 Å². The second-order valence-corrected chi connectivity index (χ2v) is 4.97. The number of para-hydroxylation sites is 3. The van der Waals surface area contributed by atoms with Crippen molar-refractivity contribution in [2.75, 3.05) is 24.3 Å². The van der Waals surface area contributed by atoms with Crippen molar-refractivity contribution >= 4 is 17.3 Å². The number of amides is 1. The summed E-state index contributed by atoms with van der Waals surface area (Å²) in [5.41, 5.74) is -0.396. The number of alkyl halides is 3. The van der Waals surface area contributed by atoms with E-state index in [9.17, 15) is 18.0 Å². The van der Waals surface area contributed by atoms with Crippen LogP contribution in [-0.2, 0) is 11.0 Å². The number of rotatable bonds is 6. The third-order valence-electron chi connectivity index (χ3n) is 3.28. The highest BCUT2D eigenvalue weighted by Crippen LogP contribution is 2.34. The van der Waals surface area contributed by atoms with Gasteiger partial charge in [0.25, 0.3) is 0 Å². The Morgan fingerprint density at radius 3 is 2.33 bits per heavy atom. The van der Waals surface area contributed by atoms with E-state index in [0.717, 1.165) is 6.07 Å². The monoisotopic (exact) mass is 338 g/mol. The molecule has 2 aromatic rings. The molecule has 7 heteroatoms. The minimum absolute atomic E-state index is 0.0181. The lowest BCUT2D eigenvalue weighted by molar-refractivity contribution is -0.137. The van der Waals surface area contributed by atoms with Gasteiger partial charge in [0.15, 0.2) is 0 Å². The number of carbonyl (C=O) groups excluding carboxylic acids is 1. The Hall–Kier alpha value is -2.70. The van der Waals surface area contributed by atoms with Gasteiger partial charge in [0.05, 0.1) is 24.0 Å². The number of benzene rings is 2. The van der Waals surface area contributed by atoms with Crippen LogP contribution in [0.3, 0.4) is 0 Å². The first kappa shape index (κ1) is 17.7. The summed E-state index contributed by atoms with van der Waals surface area (Å²) >= 11 is 0. The maximum atomic E-state index is 12.9. The number of anilines is 2. The molecule has 0 fully saturated rings. The molecule has 0 aliphatic rings. The molecule has 2 rings (SSSR count). The fraction of sp³-hybridized carbons (Fsp3) is 0.235. The highest BCUT2D eigenvalue weighted by Gasteiger charge is 2.33. The first-order chi connectivity index (χ1) is 11.4. The van der Waals surface area contributed by atoms with Gasteiger partial charge in [-0.05, 0) is 24.3 Å². The van der Waals surface area contributed by atoms with Crippen molar-refractivity contribution in [1.29, 1.82) is 0 Å². The Morgan fingerprint density at radius 1 is 1.04 bits per heavy atom. The quantitative estimate of drug-likeness (QED) is 0.832. The number of carbonyl (C=O) groups is 1. The number of nitrogens with one attached hydrogen (secondary N) is 2. The predicted octanol–water partition coefficient (Wildman–Crippen LogP) is 4.15. The fourth-order valence-corrected chi connectivity index (χ4v) is 2.15. The lowest BCUT2D eigenvalue weighted by atomic mass is 10.1. The molecule has 24 heavy (non-hydrogen) atoms. The number of hydrogen-bond acceptors (Lipinski definition) is 3. The van der Waals surface area contributed by atoms with Gasteiger partial charge in [0, 0.05) is 13.0 Å². The van der Waals surface area contributed by atoms with Gasteiger partial charge >= 0.3 is 6.18 Å². The zero-order chi connectivity index (χ0) is 17.6. The standard InChI is InChI=1S/C17H17F3N2O2/c1-24-15-9-5-4-8-14(15)21-11-10-16(23)22-13-7-3-2-6-12(13)17(18,19)20/h2-9,21H,10-11H2,1H3,(H,22,23). The SMILES string of the molecule is COc1ccccc1NCCC(=O)Nc1ccccc1C(F)(F)F. The lowest BCUT2D eigenvalue weighted by Gasteiger charge is -2.14. The molecular weight excluding hydrogens is 321 g/mol. The van der Waals surface area contributed by atoms with Crippen molar-refractivity contribution in [1.82, 2.24) is 0 Å². The summed E-state index contributed by atoms with van der Waals surface area (Å²) in [6, 6.07) is 12.1. The van der Waals surface area contributed by atoms with E-state index in [1.54, 1.807) is 12.1 Å². The largest absolute Gasteiger partial charge is 0.495 e. The molecule has 0 bridgehead atoms. The molecule has 1 amide bonds. The van der Waals surface area contributed by atoms with Crippen molar-refractivity contribution in [3.05, 3.63) is 54.1 Å². The summed E-state index contributed by atoms with van der Waals surface area (Å²) < 4.78 is 43.8. The van der Waals surface area contributed by atoms with E-state index in [4.69, 9.17) is 4.74 Å². The fourth-order valence-electron chi connectivity index (χ4n) is 2.15. The summed E-state index contributed by atoms with van der Waals surface area (Å²) in [4.78, 5) is 11.9. The molecule has 128 valence electrons. The van der Waals surface area contributed by atoms with Crippen LogP contribution in [0.4, 0.5) is 24.5 Å². The van der Waals surface area contributed by atoms with Crippen LogP contribution in [0, 0.1) is 0 Å². The molecule has 0 atom stereocenters. The third kappa shape index (κ3) is 4.65. The van der Waals surface area contributed by atoms with Crippen LogP contribution in [0.1, 0.15) is 12.0 Å². The lowest BCUT2D eigenvalue weighted by Crippen LogP contribution is -2.19. The van der Waals surface area contributed by atoms with Crippen molar-refractivity contribution in [2.24, 2.45) is 0 Å². The van der Waals surface area contributed by atoms with Crippen LogP contribution in [0.5, 0.6) is 5.75 Å². The van der Waals surface area contributed by atoms with Crippen molar-refractivity contribution in [2.45, 2.75) is 12.6 Å². The van der Waals surface area contributed by atoms with E-state index in [2.05, 4.69) is 10.6 Å². The minimum atomic E-state index is -4.51. The number of halogens is 3. The number of hydrogen-bond donors (Lipinski definition) is 2. The Morgan fingerprint density at radius 2 is 1.67 bits per heavy atom. The second-order valence-electron chi connectivity index (χ2n) is 4.97. The summed E-state index contributed by atoms with van der Waals surface area (Å²) in [7, 11) is 1.53. The second kappa shape index (κ2) is 7.72. The molecule has 2 aromatic carbocycles. The zero-order valence-corrected chi connectivity index (χ0v) is 13.0. The van der Waals surface area contributed by atoms with Gasteiger partial charge in [0.1, 0.15) is 5.75 Å². The van der Waals surface area contributed by atoms with Gasteiger partial charge in [-0.1, -0.05) is 24.3 Å². The molecule has 0 radical (unpaired) electrons. The van der Waals surface area contributed by atoms with E-state index in [-0.39, 0.29) is 18.7 Å². The molecule has 0 unspecified atom stereocenters. The molecule has 0 aromatic heterocycles. The summed E-state index contributed by atoms with van der Waals surface area (Å²) in [5.74, 6) is 0.120. The Bertz CT molecular complexity index is 702. The van der Waals surface area contributed by atoms with Crippen LogP contribution in [0.15, 0.2) is 48.5 Å². The summed E-state index contributed by atoms with van der Waals surface area (Å²) in [6.45, 7) is 0.264. The van der Waals surface area contributed by atoms with E-state index in [1.807, 2.05) is 12.1 Å². The summed E-state index contributed by atoms with van der Waals surface area (Å²) in [5, 5.41) is 5.32. The topological polar surface area (TPSA) is 50.4 Å². The maximum absolute atomic E-state index is 12.9. The van der Waals surface area contributed by atoms with Gasteiger partial charge in [-0.3, -0.25) is 4.79 Å². The Labute approximate surface area is 137 Å². The van der Waals surface area contributed by atoms with Gasteiger partial charge in [-0.2, -0.15) is 13.2 Å². The van der Waals surface area contributed by atoms with Crippen molar-refractivity contribution < 1.29 is 22.7 Å². The van der Waals surface area contributed by atoms with Crippen molar-refractivity contribution in [3.8, 4) is 5.75 Å². The van der Waals surface area contributed by atoms with Gasteiger partial charge < -0.3 is 15.4 Å². The molecule has 0 saturated carbocycles. The van der Waals surface area contributed by atoms with E-state index >= 15 is 0 Å². The van der Waals surface area contributed by atoms with E-state index in [1.165, 1.54) is 25.3 Å². The van der Waals surface area contributed by atoms with Crippen LogP contribution >= 0.6 is 0 Å². The normalized spacial score (nSPS) is 11.0. The average Bonchev–Trinajstić information content (AvgIpc) is 2.55. The predicted molar refractivity (Wildman–Crippen MR) is 86.2 cm³/mol. The molecule has 2 N–H and O–H groups in total. The summed E-state index contributed by atoms with van der Waals surface area (Å²) in [6.07, 6.45) is -4.50. The highest BCUT2D eigenvalue weighted by molar-refractivity contribution is 5.91.